The van der Waals surface area contributed by atoms with E-state index in [0.29, 0.717) is 32.0 Å². The van der Waals surface area contributed by atoms with Crippen LogP contribution in [0.1, 0.15) is 42.9 Å². The first-order valence-electron chi connectivity index (χ1n) is 9.91. The monoisotopic (exact) mass is 383 g/mol. The molecule has 148 valence electrons. The Kier molecular flexibility index (Phi) is 5.36. The molecule has 1 heterocycles. The molecule has 1 saturated carbocycles. The van der Waals surface area contributed by atoms with Gasteiger partial charge in [0.25, 0.3) is 0 Å². The molecular weight excluding hydrogens is 357 g/mol. The summed E-state index contributed by atoms with van der Waals surface area (Å²) in [7, 11) is 1.64. The number of amides is 1. The van der Waals surface area contributed by atoms with Gasteiger partial charge in [0.1, 0.15) is 11.6 Å². The predicted octanol–water partition coefficient (Wildman–Crippen LogP) is 4.15. The fourth-order valence-electron chi connectivity index (χ4n) is 4.15. The summed E-state index contributed by atoms with van der Waals surface area (Å²) >= 11 is 0. The van der Waals surface area contributed by atoms with Gasteiger partial charge in [-0.05, 0) is 67.0 Å². The molecule has 1 aliphatic heterocycles. The van der Waals surface area contributed by atoms with Crippen molar-refractivity contribution in [1.29, 1.82) is 0 Å². The molecule has 1 atom stereocenters. The second-order valence-corrected chi connectivity index (χ2v) is 7.77. The van der Waals surface area contributed by atoms with Crippen molar-refractivity contribution in [2.24, 2.45) is 5.92 Å². The lowest BCUT2D eigenvalue weighted by atomic mass is 9.73. The molecule has 4 nitrogen and oxygen atoms in total. The van der Waals surface area contributed by atoms with Crippen LogP contribution in [0, 0.1) is 11.7 Å². The number of hydrogen-bond donors (Lipinski definition) is 1. The minimum atomic E-state index is -0.750. The van der Waals surface area contributed by atoms with Crippen LogP contribution in [0.2, 0.25) is 0 Å². The average Bonchev–Trinajstić information content (AvgIpc) is 3.57. The first-order valence-corrected chi connectivity index (χ1v) is 9.91. The molecule has 1 unspecified atom stereocenters. The van der Waals surface area contributed by atoms with Crippen LogP contribution in [0.3, 0.4) is 0 Å². The molecule has 28 heavy (non-hydrogen) atoms. The van der Waals surface area contributed by atoms with Crippen molar-refractivity contribution in [3.05, 3.63) is 65.5 Å². The zero-order valence-electron chi connectivity index (χ0n) is 16.1. The maximum absolute atomic E-state index is 13.9. The van der Waals surface area contributed by atoms with E-state index in [1.54, 1.807) is 13.2 Å². The van der Waals surface area contributed by atoms with E-state index in [4.69, 9.17) is 9.47 Å². The lowest BCUT2D eigenvalue weighted by Gasteiger charge is -2.37. The summed E-state index contributed by atoms with van der Waals surface area (Å²) in [5, 5.41) is 3.30. The summed E-state index contributed by atoms with van der Waals surface area (Å²) in [5.41, 5.74) is 1.07. The van der Waals surface area contributed by atoms with Gasteiger partial charge in [-0.15, -0.1) is 0 Å². The summed E-state index contributed by atoms with van der Waals surface area (Å²) in [5.74, 6) is 0.895. The van der Waals surface area contributed by atoms with Crippen LogP contribution in [-0.2, 0) is 14.9 Å². The Morgan fingerprint density at radius 1 is 1.18 bits per heavy atom. The van der Waals surface area contributed by atoms with E-state index in [9.17, 15) is 9.18 Å². The van der Waals surface area contributed by atoms with E-state index in [0.717, 1.165) is 29.7 Å². The lowest BCUT2D eigenvalue weighted by Crippen LogP contribution is -2.49. The van der Waals surface area contributed by atoms with Gasteiger partial charge < -0.3 is 14.8 Å². The zero-order chi connectivity index (χ0) is 19.6. The van der Waals surface area contributed by atoms with Crippen molar-refractivity contribution in [2.75, 3.05) is 20.3 Å². The summed E-state index contributed by atoms with van der Waals surface area (Å²) < 4.78 is 24.7. The maximum Gasteiger partial charge on any atom is 0.231 e. The molecule has 1 aliphatic carbocycles. The highest BCUT2D eigenvalue weighted by Gasteiger charge is 2.44. The quantitative estimate of drug-likeness (QED) is 0.815. The molecule has 4 rings (SSSR count). The lowest BCUT2D eigenvalue weighted by molar-refractivity contribution is -0.131. The van der Waals surface area contributed by atoms with Gasteiger partial charge in [0.05, 0.1) is 18.6 Å². The Morgan fingerprint density at radius 2 is 1.89 bits per heavy atom. The number of carbonyl (C=O) groups is 1. The summed E-state index contributed by atoms with van der Waals surface area (Å²) in [6.45, 7) is 1.00. The summed E-state index contributed by atoms with van der Waals surface area (Å²) in [4.78, 5) is 13.6. The second-order valence-electron chi connectivity index (χ2n) is 7.77. The normalized spacial score (nSPS) is 19.6. The minimum Gasteiger partial charge on any atom is -0.497 e. The second kappa shape index (κ2) is 7.92. The third-order valence-corrected chi connectivity index (χ3v) is 6.01. The van der Waals surface area contributed by atoms with Crippen LogP contribution in [0.25, 0.3) is 0 Å². The first kappa shape index (κ1) is 18.9. The number of benzene rings is 2. The molecule has 0 bridgehead atoms. The highest BCUT2D eigenvalue weighted by atomic mass is 19.1. The fourth-order valence-corrected chi connectivity index (χ4v) is 4.15. The molecule has 2 fully saturated rings. The van der Waals surface area contributed by atoms with Crippen molar-refractivity contribution in [2.45, 2.75) is 37.1 Å². The topological polar surface area (TPSA) is 47.6 Å². The summed E-state index contributed by atoms with van der Waals surface area (Å²) in [6.07, 6.45) is 3.32. The molecule has 0 aromatic heterocycles. The number of ether oxygens (including phenoxy) is 2. The molecule has 0 spiro atoms. The number of nitrogens with one attached hydrogen (secondary N) is 1. The molecule has 1 N–H and O–H groups in total. The Bertz CT molecular complexity index is 826. The third kappa shape index (κ3) is 3.76. The van der Waals surface area contributed by atoms with Crippen LogP contribution >= 0.6 is 0 Å². The fraction of sp³-hybridized carbons (Fsp3) is 0.435. The largest absolute Gasteiger partial charge is 0.497 e. The number of methoxy groups -OCH3 is 1. The van der Waals surface area contributed by atoms with Gasteiger partial charge in [0.15, 0.2) is 0 Å². The molecule has 2 aliphatic rings. The van der Waals surface area contributed by atoms with E-state index < -0.39 is 5.41 Å². The van der Waals surface area contributed by atoms with Crippen molar-refractivity contribution in [1.82, 2.24) is 5.32 Å². The number of hydrogen-bond acceptors (Lipinski definition) is 3. The Morgan fingerprint density at radius 3 is 2.50 bits per heavy atom. The minimum absolute atomic E-state index is 0.0332. The maximum atomic E-state index is 13.9. The smallest absolute Gasteiger partial charge is 0.231 e. The van der Waals surface area contributed by atoms with E-state index in [1.807, 2.05) is 30.3 Å². The molecule has 2 aromatic rings. The Hall–Kier alpha value is -2.40. The highest BCUT2D eigenvalue weighted by molar-refractivity contribution is 5.88. The Labute approximate surface area is 165 Å². The van der Waals surface area contributed by atoms with Gasteiger partial charge in [-0.1, -0.05) is 24.3 Å². The molecule has 5 heteroatoms. The van der Waals surface area contributed by atoms with Crippen LogP contribution in [0.5, 0.6) is 5.75 Å². The van der Waals surface area contributed by atoms with E-state index >= 15 is 0 Å². The standard InChI is InChI=1S/C23H26FNO3/c1-27-20-9-7-17(8-10-20)21(16-5-6-16)25-22(26)23(11-13-28-14-12-23)18-3-2-4-19(24)15-18/h2-4,7-10,15-16,21H,5-6,11-14H2,1H3,(H,25,26). The van der Waals surface area contributed by atoms with E-state index in [1.165, 1.54) is 12.1 Å². The van der Waals surface area contributed by atoms with E-state index in [2.05, 4.69) is 5.32 Å². The molecule has 1 amide bonds. The molecule has 1 saturated heterocycles. The molecule has 2 aromatic carbocycles. The number of carbonyl (C=O) groups excluding carboxylic acids is 1. The predicted molar refractivity (Wildman–Crippen MR) is 105 cm³/mol. The van der Waals surface area contributed by atoms with Gasteiger partial charge in [-0.2, -0.15) is 0 Å². The average molecular weight is 383 g/mol. The van der Waals surface area contributed by atoms with Gasteiger partial charge in [0, 0.05) is 13.2 Å². The van der Waals surface area contributed by atoms with Gasteiger partial charge in [-0.25, -0.2) is 4.39 Å². The highest BCUT2D eigenvalue weighted by Crippen LogP contribution is 2.43. The van der Waals surface area contributed by atoms with Gasteiger partial charge >= 0.3 is 0 Å². The van der Waals surface area contributed by atoms with Crippen LogP contribution < -0.4 is 10.1 Å². The first-order chi connectivity index (χ1) is 13.6. The number of halogens is 1. The van der Waals surface area contributed by atoms with Crippen molar-refractivity contribution in [3.63, 3.8) is 0 Å². The van der Waals surface area contributed by atoms with Gasteiger partial charge in [0.2, 0.25) is 5.91 Å². The molecule has 0 radical (unpaired) electrons. The van der Waals surface area contributed by atoms with Crippen molar-refractivity contribution >= 4 is 5.91 Å². The Balaban J connectivity index is 1.62. The zero-order valence-corrected chi connectivity index (χ0v) is 16.1. The molecular formula is C23H26FNO3. The third-order valence-electron chi connectivity index (χ3n) is 6.01. The number of rotatable bonds is 6. The van der Waals surface area contributed by atoms with Gasteiger partial charge in [-0.3, -0.25) is 4.79 Å². The van der Waals surface area contributed by atoms with Crippen LogP contribution in [-0.4, -0.2) is 26.2 Å². The van der Waals surface area contributed by atoms with Crippen molar-refractivity contribution < 1.29 is 18.7 Å². The van der Waals surface area contributed by atoms with Crippen molar-refractivity contribution in [3.8, 4) is 5.75 Å². The summed E-state index contributed by atoms with van der Waals surface area (Å²) in [6, 6.07) is 14.3. The van der Waals surface area contributed by atoms with Crippen LogP contribution in [0.4, 0.5) is 4.39 Å². The SMILES string of the molecule is COc1ccc(C(NC(=O)C2(c3cccc(F)c3)CCOCC2)C2CC2)cc1. The van der Waals surface area contributed by atoms with Crippen LogP contribution in [0.15, 0.2) is 48.5 Å². The van der Waals surface area contributed by atoms with E-state index in [-0.39, 0.29) is 17.8 Å².